The first-order valence-electron chi connectivity index (χ1n) is 7.62. The molecule has 0 spiro atoms. The molecule has 8 nitrogen and oxygen atoms in total. The van der Waals surface area contributed by atoms with Crippen molar-refractivity contribution in [1.29, 1.82) is 0 Å². The molecule has 0 radical (unpaired) electrons. The van der Waals surface area contributed by atoms with E-state index in [-0.39, 0.29) is 27.9 Å². The maximum atomic E-state index is 12.2. The normalized spacial score (nSPS) is 14.7. The zero-order valence-corrected chi connectivity index (χ0v) is 15.0. The molecule has 0 amide bonds. The molecule has 0 bridgehead atoms. The lowest BCUT2D eigenvalue weighted by atomic mass is 10.1. The topological polar surface area (TPSA) is 100 Å². The van der Waals surface area contributed by atoms with Crippen LogP contribution in [0.2, 0.25) is 5.02 Å². The van der Waals surface area contributed by atoms with Crippen LogP contribution in [0.15, 0.2) is 47.1 Å². The van der Waals surface area contributed by atoms with Gasteiger partial charge in [-0.2, -0.15) is 0 Å². The van der Waals surface area contributed by atoms with Crippen LogP contribution in [0, 0.1) is 10.1 Å². The van der Waals surface area contributed by atoms with Crippen LogP contribution >= 0.6 is 11.6 Å². The molecule has 0 unspecified atom stereocenters. The van der Waals surface area contributed by atoms with Gasteiger partial charge in [0.2, 0.25) is 5.90 Å². The average molecular weight is 389 g/mol. The molecule has 0 N–H and O–H groups in total. The van der Waals surface area contributed by atoms with E-state index in [4.69, 9.17) is 25.8 Å². The Morgan fingerprint density at radius 1 is 1.19 bits per heavy atom. The number of nitro benzene ring substituents is 1. The smallest absolute Gasteiger partial charge is 0.363 e. The van der Waals surface area contributed by atoms with E-state index in [0.717, 1.165) is 0 Å². The van der Waals surface area contributed by atoms with Gasteiger partial charge in [0.1, 0.15) is 16.5 Å². The van der Waals surface area contributed by atoms with Gasteiger partial charge < -0.3 is 14.2 Å². The summed E-state index contributed by atoms with van der Waals surface area (Å²) >= 11 is 5.80. The summed E-state index contributed by atoms with van der Waals surface area (Å²) in [5.74, 6) is 0.355. The third-order valence-corrected chi connectivity index (χ3v) is 4.06. The van der Waals surface area contributed by atoms with Crippen LogP contribution in [0.25, 0.3) is 6.08 Å². The van der Waals surface area contributed by atoms with E-state index in [0.29, 0.717) is 17.1 Å². The number of ether oxygens (including phenoxy) is 3. The van der Waals surface area contributed by atoms with Gasteiger partial charge in [-0.25, -0.2) is 9.79 Å². The molecule has 138 valence electrons. The summed E-state index contributed by atoms with van der Waals surface area (Å²) in [4.78, 5) is 26.7. The first-order chi connectivity index (χ1) is 12.9. The van der Waals surface area contributed by atoms with E-state index in [1.54, 1.807) is 18.2 Å². The van der Waals surface area contributed by atoms with Crippen LogP contribution in [0.4, 0.5) is 5.69 Å². The van der Waals surface area contributed by atoms with Gasteiger partial charge >= 0.3 is 5.97 Å². The van der Waals surface area contributed by atoms with Crippen LogP contribution in [0.3, 0.4) is 0 Å². The van der Waals surface area contributed by atoms with Crippen molar-refractivity contribution in [2.45, 2.75) is 0 Å². The average Bonchev–Trinajstić information content (AvgIpc) is 3.02. The Labute approximate surface area is 158 Å². The Hall–Kier alpha value is -3.39. The maximum Gasteiger partial charge on any atom is 0.363 e. The quantitative estimate of drug-likeness (QED) is 0.335. The number of nitrogens with zero attached hydrogens (tertiary/aromatic N) is 2. The first-order valence-corrected chi connectivity index (χ1v) is 7.99. The number of nitro groups is 1. The highest BCUT2D eigenvalue weighted by Crippen LogP contribution is 2.30. The van der Waals surface area contributed by atoms with Crippen molar-refractivity contribution in [3.63, 3.8) is 0 Å². The number of hydrogen-bond acceptors (Lipinski definition) is 7. The number of halogens is 1. The number of carbonyl (C=O) groups is 1. The fraction of sp³-hybridized carbons (Fsp3) is 0.111. The highest BCUT2D eigenvalue weighted by atomic mass is 35.5. The second kappa shape index (κ2) is 7.46. The largest absolute Gasteiger partial charge is 0.497 e. The van der Waals surface area contributed by atoms with Gasteiger partial charge in [-0.05, 0) is 36.4 Å². The first kappa shape index (κ1) is 18.4. The summed E-state index contributed by atoms with van der Waals surface area (Å²) in [6.07, 6.45) is 1.49. The van der Waals surface area contributed by atoms with Gasteiger partial charge in [-0.1, -0.05) is 11.6 Å². The van der Waals surface area contributed by atoms with Crippen molar-refractivity contribution in [2.24, 2.45) is 4.99 Å². The summed E-state index contributed by atoms with van der Waals surface area (Å²) in [6.45, 7) is 0. The van der Waals surface area contributed by atoms with Crippen molar-refractivity contribution in [3.05, 3.63) is 68.4 Å². The van der Waals surface area contributed by atoms with Crippen molar-refractivity contribution < 1.29 is 23.9 Å². The molecule has 2 aromatic carbocycles. The van der Waals surface area contributed by atoms with Gasteiger partial charge in [0.05, 0.1) is 19.1 Å². The fourth-order valence-electron chi connectivity index (χ4n) is 2.42. The van der Waals surface area contributed by atoms with Crippen LogP contribution in [0.5, 0.6) is 11.5 Å². The van der Waals surface area contributed by atoms with Gasteiger partial charge in [-0.3, -0.25) is 10.1 Å². The molecule has 0 atom stereocenters. The zero-order valence-electron chi connectivity index (χ0n) is 14.3. The zero-order chi connectivity index (χ0) is 19.6. The second-order valence-corrected chi connectivity index (χ2v) is 5.77. The van der Waals surface area contributed by atoms with Crippen LogP contribution in [-0.2, 0) is 9.53 Å². The van der Waals surface area contributed by atoms with Gasteiger partial charge in [0, 0.05) is 17.2 Å². The predicted molar refractivity (Wildman–Crippen MR) is 98.3 cm³/mol. The molecule has 0 saturated carbocycles. The molecule has 1 aliphatic heterocycles. The van der Waals surface area contributed by atoms with Gasteiger partial charge in [-0.15, -0.1) is 0 Å². The second-order valence-electron chi connectivity index (χ2n) is 5.37. The maximum absolute atomic E-state index is 12.2. The highest BCUT2D eigenvalue weighted by molar-refractivity contribution is 6.32. The molecule has 9 heteroatoms. The van der Waals surface area contributed by atoms with Crippen LogP contribution in [-0.4, -0.2) is 31.0 Å². The minimum atomic E-state index is -0.688. The van der Waals surface area contributed by atoms with Crippen molar-refractivity contribution in [3.8, 4) is 11.5 Å². The standard InChI is InChI=1S/C18H13ClN2O6/c1-25-12-4-6-16(26-2)11(7-12)8-14-18(22)27-17(20-14)10-3-5-13(19)15(9-10)21(23)24/h3-9H,1-2H3/b14-8+. The molecular formula is C18H13ClN2O6. The number of benzene rings is 2. The highest BCUT2D eigenvalue weighted by Gasteiger charge is 2.26. The Morgan fingerprint density at radius 3 is 2.63 bits per heavy atom. The fourth-order valence-corrected chi connectivity index (χ4v) is 2.60. The van der Waals surface area contributed by atoms with E-state index in [1.165, 1.54) is 38.5 Å². The lowest BCUT2D eigenvalue weighted by molar-refractivity contribution is -0.384. The summed E-state index contributed by atoms with van der Waals surface area (Å²) in [5.41, 5.74) is 0.547. The minimum absolute atomic E-state index is 0.0224. The predicted octanol–water partition coefficient (Wildman–Crippen LogP) is 3.61. The van der Waals surface area contributed by atoms with Crippen LogP contribution in [0.1, 0.15) is 11.1 Å². The van der Waals surface area contributed by atoms with Crippen molar-refractivity contribution >= 4 is 35.2 Å². The Kier molecular flexibility index (Phi) is 5.09. The molecular weight excluding hydrogens is 376 g/mol. The molecule has 0 saturated heterocycles. The number of hydrogen-bond donors (Lipinski definition) is 0. The summed E-state index contributed by atoms with van der Waals surface area (Å²) < 4.78 is 15.6. The number of methoxy groups -OCH3 is 2. The monoisotopic (exact) mass is 388 g/mol. The van der Waals surface area contributed by atoms with Crippen LogP contribution < -0.4 is 9.47 Å². The van der Waals surface area contributed by atoms with E-state index >= 15 is 0 Å². The summed E-state index contributed by atoms with van der Waals surface area (Å²) in [5, 5.41) is 11.0. The van der Waals surface area contributed by atoms with E-state index in [9.17, 15) is 14.9 Å². The lowest BCUT2D eigenvalue weighted by Gasteiger charge is -2.07. The molecule has 0 aromatic heterocycles. The van der Waals surface area contributed by atoms with Gasteiger partial charge in [0.25, 0.3) is 5.69 Å². The van der Waals surface area contributed by atoms with Gasteiger partial charge in [0.15, 0.2) is 5.70 Å². The number of esters is 1. The summed E-state index contributed by atoms with van der Waals surface area (Å²) in [7, 11) is 3.02. The van der Waals surface area contributed by atoms with Crippen molar-refractivity contribution in [1.82, 2.24) is 0 Å². The Bertz CT molecular complexity index is 999. The lowest BCUT2D eigenvalue weighted by Crippen LogP contribution is -2.06. The Balaban J connectivity index is 2.01. The third-order valence-electron chi connectivity index (χ3n) is 3.74. The summed E-state index contributed by atoms with van der Waals surface area (Å²) in [6, 6.07) is 9.12. The number of aliphatic imine (C=N–C) groups is 1. The van der Waals surface area contributed by atoms with E-state index < -0.39 is 10.9 Å². The molecule has 2 aromatic rings. The third kappa shape index (κ3) is 3.75. The minimum Gasteiger partial charge on any atom is -0.497 e. The molecule has 0 aliphatic carbocycles. The van der Waals surface area contributed by atoms with Crippen molar-refractivity contribution in [2.75, 3.05) is 14.2 Å². The molecule has 27 heavy (non-hydrogen) atoms. The number of rotatable bonds is 5. The SMILES string of the molecule is COc1ccc(OC)c(/C=C2/N=C(c3ccc(Cl)c([N+](=O)[O-])c3)OC2=O)c1. The number of cyclic esters (lactones) is 1. The van der Waals surface area contributed by atoms with E-state index in [1.807, 2.05) is 0 Å². The molecule has 0 fully saturated rings. The number of carbonyl (C=O) groups excluding carboxylic acids is 1. The molecule has 1 aliphatic rings. The molecule has 3 rings (SSSR count). The van der Waals surface area contributed by atoms with E-state index in [2.05, 4.69) is 4.99 Å². The molecule has 1 heterocycles. The Morgan fingerprint density at radius 2 is 1.96 bits per heavy atom.